The Morgan fingerprint density at radius 2 is 0.635 bits per heavy atom. The number of carbonyl (C=O) groups is 2. The molecule has 0 saturated heterocycles. The Hall–Kier alpha value is -1.62. The van der Waals surface area contributed by atoms with Crippen molar-refractivity contribution in [2.45, 2.75) is 322 Å². The van der Waals surface area contributed by atoms with Gasteiger partial charge in [0, 0.05) is 12.8 Å². The van der Waals surface area contributed by atoms with E-state index < -0.39 is 6.10 Å². The van der Waals surface area contributed by atoms with Crippen molar-refractivity contribution in [2.75, 3.05) is 13.2 Å². The first kappa shape index (κ1) is 61.4. The fourth-order valence-electron chi connectivity index (χ4n) is 8.71. The van der Waals surface area contributed by atoms with Crippen molar-refractivity contribution < 1.29 is 24.2 Å². The SMILES string of the molecule is CCCCCCC/C=C\C/C=C\CCCCCCCCCCCCCCCCCCCCCCCCCCCCCC(=O)OC(CO)COC(=O)CCCCCCCCCCCC. The van der Waals surface area contributed by atoms with Crippen LogP contribution in [0.1, 0.15) is 316 Å². The molecule has 0 heterocycles. The van der Waals surface area contributed by atoms with Crippen molar-refractivity contribution in [1.82, 2.24) is 0 Å². The summed E-state index contributed by atoms with van der Waals surface area (Å²) in [5.74, 6) is -0.575. The number of ether oxygens (including phenoxy) is 2. The summed E-state index contributed by atoms with van der Waals surface area (Å²) in [4.78, 5) is 24.3. The molecule has 0 saturated carbocycles. The monoisotopic (exact) mass is 887 g/mol. The number of hydrogen-bond acceptors (Lipinski definition) is 5. The van der Waals surface area contributed by atoms with Crippen LogP contribution in [-0.2, 0) is 19.1 Å². The third kappa shape index (κ3) is 52.9. The number of unbranched alkanes of at least 4 members (excludes halogenated alkanes) is 41. The van der Waals surface area contributed by atoms with Gasteiger partial charge in [0.15, 0.2) is 6.10 Å². The smallest absolute Gasteiger partial charge is 0.306 e. The lowest BCUT2D eigenvalue weighted by atomic mass is 10.0. The largest absolute Gasteiger partial charge is 0.462 e. The van der Waals surface area contributed by atoms with Gasteiger partial charge in [-0.25, -0.2) is 0 Å². The van der Waals surface area contributed by atoms with Crippen molar-refractivity contribution >= 4 is 11.9 Å². The van der Waals surface area contributed by atoms with Gasteiger partial charge in [0.25, 0.3) is 0 Å². The topological polar surface area (TPSA) is 72.8 Å². The summed E-state index contributed by atoms with van der Waals surface area (Å²) in [5, 5.41) is 9.59. The molecular weight excluding hydrogens is 777 g/mol. The zero-order chi connectivity index (χ0) is 45.6. The van der Waals surface area contributed by atoms with Gasteiger partial charge in [-0.2, -0.15) is 0 Å². The fourth-order valence-corrected chi connectivity index (χ4v) is 8.71. The van der Waals surface area contributed by atoms with Gasteiger partial charge in [-0.15, -0.1) is 0 Å². The van der Waals surface area contributed by atoms with Gasteiger partial charge in [0.1, 0.15) is 6.61 Å². The van der Waals surface area contributed by atoms with Crippen LogP contribution in [0.15, 0.2) is 24.3 Å². The number of hydrogen-bond donors (Lipinski definition) is 1. The molecule has 372 valence electrons. The minimum atomic E-state index is -0.764. The third-order valence-corrected chi connectivity index (χ3v) is 13.0. The highest BCUT2D eigenvalue weighted by Crippen LogP contribution is 2.18. The highest BCUT2D eigenvalue weighted by Gasteiger charge is 2.16. The van der Waals surface area contributed by atoms with Gasteiger partial charge in [-0.05, 0) is 44.9 Å². The first-order chi connectivity index (χ1) is 31.1. The van der Waals surface area contributed by atoms with Gasteiger partial charge >= 0.3 is 11.9 Å². The molecule has 1 atom stereocenters. The number of rotatable bonds is 53. The number of aliphatic hydroxyl groups is 1. The average molecular weight is 888 g/mol. The molecule has 63 heavy (non-hydrogen) atoms. The van der Waals surface area contributed by atoms with Crippen LogP contribution in [0.5, 0.6) is 0 Å². The molecule has 1 N–H and O–H groups in total. The minimum absolute atomic E-state index is 0.0585. The van der Waals surface area contributed by atoms with Crippen molar-refractivity contribution in [3.8, 4) is 0 Å². The fraction of sp³-hybridized carbons (Fsp3) is 0.897. The van der Waals surface area contributed by atoms with Crippen LogP contribution in [0.2, 0.25) is 0 Å². The first-order valence-electron chi connectivity index (χ1n) is 28.4. The van der Waals surface area contributed by atoms with E-state index in [1.165, 1.54) is 244 Å². The second-order valence-electron chi connectivity index (χ2n) is 19.4. The van der Waals surface area contributed by atoms with Gasteiger partial charge in [0.2, 0.25) is 0 Å². The number of carbonyl (C=O) groups excluding carboxylic acids is 2. The van der Waals surface area contributed by atoms with Crippen LogP contribution in [-0.4, -0.2) is 36.4 Å². The lowest BCUT2D eigenvalue weighted by Gasteiger charge is -2.15. The Morgan fingerprint density at radius 1 is 0.365 bits per heavy atom. The van der Waals surface area contributed by atoms with E-state index in [-0.39, 0.29) is 25.2 Å². The third-order valence-electron chi connectivity index (χ3n) is 13.0. The van der Waals surface area contributed by atoms with Crippen LogP contribution in [0.25, 0.3) is 0 Å². The van der Waals surface area contributed by atoms with E-state index in [9.17, 15) is 14.7 Å². The molecule has 0 rings (SSSR count). The van der Waals surface area contributed by atoms with Gasteiger partial charge < -0.3 is 14.6 Å². The maximum absolute atomic E-state index is 12.2. The normalized spacial score (nSPS) is 12.2. The minimum Gasteiger partial charge on any atom is -0.462 e. The van der Waals surface area contributed by atoms with E-state index in [2.05, 4.69) is 38.2 Å². The zero-order valence-corrected chi connectivity index (χ0v) is 42.6. The quantitative estimate of drug-likeness (QED) is 0.0374. The number of allylic oxidation sites excluding steroid dienone is 4. The van der Waals surface area contributed by atoms with Gasteiger partial charge in [0.05, 0.1) is 6.61 Å². The molecule has 0 aliphatic rings. The van der Waals surface area contributed by atoms with Crippen molar-refractivity contribution in [3.05, 3.63) is 24.3 Å². The molecule has 0 amide bonds. The molecule has 0 aliphatic carbocycles. The van der Waals surface area contributed by atoms with Crippen LogP contribution < -0.4 is 0 Å². The van der Waals surface area contributed by atoms with Crippen LogP contribution in [0.3, 0.4) is 0 Å². The van der Waals surface area contributed by atoms with E-state index in [1.54, 1.807) is 0 Å². The van der Waals surface area contributed by atoms with Crippen molar-refractivity contribution in [2.24, 2.45) is 0 Å². The van der Waals surface area contributed by atoms with Crippen molar-refractivity contribution in [3.63, 3.8) is 0 Å². The van der Waals surface area contributed by atoms with Crippen molar-refractivity contribution in [1.29, 1.82) is 0 Å². The Kier molecular flexibility index (Phi) is 53.3. The molecule has 0 spiro atoms. The number of aliphatic hydroxyl groups excluding tert-OH is 1. The summed E-state index contributed by atoms with van der Waals surface area (Å²) in [5.41, 5.74) is 0. The maximum Gasteiger partial charge on any atom is 0.306 e. The molecule has 1 unspecified atom stereocenters. The molecule has 5 nitrogen and oxygen atoms in total. The standard InChI is InChI=1S/C58H110O5/c1-3-5-7-9-11-13-15-16-17-18-19-20-21-22-23-24-25-26-27-28-29-30-31-32-33-34-35-36-37-38-39-40-41-42-43-45-47-49-51-53-58(61)63-56(54-59)55-62-57(60)52-50-48-46-44-14-12-10-8-6-4-2/h15-16,18-19,56,59H,3-14,17,20-55H2,1-2H3/b16-15-,19-18-. The Labute approximate surface area is 394 Å². The molecule has 0 aromatic heterocycles. The average Bonchev–Trinajstić information content (AvgIpc) is 3.29. The van der Waals surface area contributed by atoms with E-state index in [4.69, 9.17) is 9.47 Å². The summed E-state index contributed by atoms with van der Waals surface area (Å²) < 4.78 is 10.6. The van der Waals surface area contributed by atoms with Crippen LogP contribution in [0, 0.1) is 0 Å². The summed E-state index contributed by atoms with van der Waals surface area (Å²) in [6.07, 6.45) is 69.0. The zero-order valence-electron chi connectivity index (χ0n) is 42.6. The second-order valence-corrected chi connectivity index (χ2v) is 19.4. The molecule has 0 bridgehead atoms. The second kappa shape index (κ2) is 54.7. The van der Waals surface area contributed by atoms with E-state index >= 15 is 0 Å². The molecule has 0 fully saturated rings. The Balaban J connectivity index is 3.33. The predicted molar refractivity (Wildman–Crippen MR) is 275 cm³/mol. The summed E-state index contributed by atoms with van der Waals surface area (Å²) in [7, 11) is 0. The molecular formula is C58H110O5. The van der Waals surface area contributed by atoms with E-state index in [1.807, 2.05) is 0 Å². The summed E-state index contributed by atoms with van der Waals surface area (Å²) in [6.45, 7) is 4.15. The summed E-state index contributed by atoms with van der Waals surface area (Å²) in [6, 6.07) is 0. The van der Waals surface area contributed by atoms with Crippen LogP contribution in [0.4, 0.5) is 0 Å². The highest BCUT2D eigenvalue weighted by atomic mass is 16.6. The van der Waals surface area contributed by atoms with Gasteiger partial charge in [-0.1, -0.05) is 282 Å². The van der Waals surface area contributed by atoms with Gasteiger partial charge in [-0.3, -0.25) is 9.59 Å². The molecule has 5 heteroatoms. The summed E-state index contributed by atoms with van der Waals surface area (Å²) >= 11 is 0. The molecule has 0 aliphatic heterocycles. The number of esters is 2. The first-order valence-corrected chi connectivity index (χ1v) is 28.4. The Morgan fingerprint density at radius 3 is 0.937 bits per heavy atom. The lowest BCUT2D eigenvalue weighted by Crippen LogP contribution is -2.28. The molecule has 0 aromatic rings. The Bertz CT molecular complexity index is 959. The van der Waals surface area contributed by atoms with E-state index in [0.29, 0.717) is 12.8 Å². The predicted octanol–water partition coefficient (Wildman–Crippen LogP) is 18.9. The molecule has 0 aromatic carbocycles. The highest BCUT2D eigenvalue weighted by molar-refractivity contribution is 5.70. The lowest BCUT2D eigenvalue weighted by molar-refractivity contribution is -0.161. The van der Waals surface area contributed by atoms with Crippen LogP contribution >= 0.6 is 0 Å². The molecule has 0 radical (unpaired) electrons. The maximum atomic E-state index is 12.2. The van der Waals surface area contributed by atoms with E-state index in [0.717, 1.165) is 44.9 Å².